The second kappa shape index (κ2) is 5.37. The first-order valence-electron chi connectivity index (χ1n) is 7.12. The zero-order valence-corrected chi connectivity index (χ0v) is 13.5. The Morgan fingerprint density at radius 3 is 2.50 bits per heavy atom. The smallest absolute Gasteiger partial charge is 0.243 e. The highest BCUT2D eigenvalue weighted by atomic mass is 32.2. The molecule has 1 aliphatic rings. The molecule has 0 bridgehead atoms. The van der Waals surface area contributed by atoms with E-state index < -0.39 is 10.0 Å². The number of sulfonamides is 1. The monoisotopic (exact) mass is 297 g/mol. The van der Waals surface area contributed by atoms with Gasteiger partial charge in [0.15, 0.2) is 0 Å². The Morgan fingerprint density at radius 1 is 1.25 bits per heavy atom. The molecule has 0 N–H and O–H groups in total. The number of hydrogen-bond acceptors (Lipinski definition) is 3. The highest BCUT2D eigenvalue weighted by molar-refractivity contribution is 7.89. The number of fused-ring (bicyclic) bond motifs is 1. The lowest BCUT2D eigenvalue weighted by molar-refractivity contribution is 0.0845. The van der Waals surface area contributed by atoms with Crippen molar-refractivity contribution in [1.29, 1.82) is 0 Å². The van der Waals surface area contributed by atoms with Gasteiger partial charge in [0, 0.05) is 13.1 Å². The maximum Gasteiger partial charge on any atom is 0.243 e. The molecule has 0 saturated heterocycles. The normalized spacial score (nSPS) is 17.6. The van der Waals surface area contributed by atoms with Gasteiger partial charge in [0.1, 0.15) is 11.4 Å². The van der Waals surface area contributed by atoms with E-state index in [1.54, 1.807) is 18.2 Å². The lowest BCUT2D eigenvalue weighted by Gasteiger charge is -2.32. The molecule has 0 aliphatic carbocycles. The topological polar surface area (TPSA) is 46.6 Å². The number of hydrogen-bond donors (Lipinski definition) is 0. The van der Waals surface area contributed by atoms with Crippen LogP contribution in [0.1, 0.15) is 39.7 Å². The minimum atomic E-state index is -3.39. The minimum absolute atomic E-state index is 0.174. The van der Waals surface area contributed by atoms with E-state index in [1.165, 1.54) is 4.31 Å². The highest BCUT2D eigenvalue weighted by Crippen LogP contribution is 2.34. The molecule has 1 aliphatic heterocycles. The van der Waals surface area contributed by atoms with Gasteiger partial charge in [0.2, 0.25) is 10.0 Å². The van der Waals surface area contributed by atoms with Crippen LogP contribution in [0.15, 0.2) is 23.1 Å². The van der Waals surface area contributed by atoms with Crippen LogP contribution in [0.25, 0.3) is 0 Å². The molecule has 0 radical (unpaired) electrons. The van der Waals surface area contributed by atoms with E-state index in [-0.39, 0.29) is 5.60 Å². The van der Waals surface area contributed by atoms with Gasteiger partial charge in [-0.05, 0) is 50.5 Å². The molecule has 0 aromatic heterocycles. The number of benzene rings is 1. The molecule has 5 heteroatoms. The Bertz CT molecular complexity index is 589. The van der Waals surface area contributed by atoms with E-state index in [2.05, 4.69) is 13.8 Å². The summed E-state index contributed by atoms with van der Waals surface area (Å²) in [5.74, 6) is 0.805. The maximum atomic E-state index is 12.5. The summed E-state index contributed by atoms with van der Waals surface area (Å²) in [6.45, 7) is 8.78. The van der Waals surface area contributed by atoms with E-state index in [1.807, 2.05) is 13.8 Å². The van der Waals surface area contributed by atoms with Gasteiger partial charge in [-0.15, -0.1) is 0 Å². The van der Waals surface area contributed by atoms with Crippen molar-refractivity contribution in [3.8, 4) is 5.75 Å². The molecular formula is C15H23NO3S. The van der Waals surface area contributed by atoms with Gasteiger partial charge in [0.05, 0.1) is 4.90 Å². The summed E-state index contributed by atoms with van der Waals surface area (Å²) in [6.07, 6.45) is 1.75. The molecule has 1 aromatic rings. The summed E-state index contributed by atoms with van der Waals surface area (Å²) < 4.78 is 32.4. The fourth-order valence-corrected chi connectivity index (χ4v) is 4.02. The second-order valence-corrected chi connectivity index (χ2v) is 7.66. The molecule has 112 valence electrons. The van der Waals surface area contributed by atoms with Gasteiger partial charge in [-0.25, -0.2) is 8.42 Å². The molecule has 20 heavy (non-hydrogen) atoms. The average molecular weight is 297 g/mol. The van der Waals surface area contributed by atoms with Crippen molar-refractivity contribution in [3.05, 3.63) is 23.8 Å². The number of ether oxygens (including phenoxy) is 1. The third-order valence-corrected chi connectivity index (χ3v) is 5.80. The maximum absolute atomic E-state index is 12.5. The average Bonchev–Trinajstić information content (AvgIpc) is 2.38. The van der Waals surface area contributed by atoms with Gasteiger partial charge in [0.25, 0.3) is 0 Å². The van der Waals surface area contributed by atoms with Crippen molar-refractivity contribution in [3.63, 3.8) is 0 Å². The van der Waals surface area contributed by atoms with Gasteiger partial charge in [-0.3, -0.25) is 0 Å². The van der Waals surface area contributed by atoms with Crippen molar-refractivity contribution in [2.24, 2.45) is 0 Å². The predicted octanol–water partition coefficient (Wildman–Crippen LogP) is 2.82. The van der Waals surface area contributed by atoms with E-state index in [0.717, 1.165) is 24.2 Å². The van der Waals surface area contributed by atoms with Crippen molar-refractivity contribution >= 4 is 10.0 Å². The van der Waals surface area contributed by atoms with Crippen LogP contribution in [0.2, 0.25) is 0 Å². The molecule has 1 aromatic carbocycles. The molecule has 2 rings (SSSR count). The Labute approximate surface area is 121 Å². The van der Waals surface area contributed by atoms with Crippen molar-refractivity contribution in [2.75, 3.05) is 13.1 Å². The highest BCUT2D eigenvalue weighted by Gasteiger charge is 2.28. The van der Waals surface area contributed by atoms with E-state index >= 15 is 0 Å². The summed E-state index contributed by atoms with van der Waals surface area (Å²) in [7, 11) is -3.39. The Kier molecular flexibility index (Phi) is 4.12. The van der Waals surface area contributed by atoms with Crippen molar-refractivity contribution < 1.29 is 13.2 Å². The van der Waals surface area contributed by atoms with Gasteiger partial charge < -0.3 is 4.74 Å². The Morgan fingerprint density at radius 2 is 1.90 bits per heavy atom. The van der Waals surface area contributed by atoms with Crippen LogP contribution in [0.5, 0.6) is 5.75 Å². The third-order valence-electron chi connectivity index (χ3n) is 3.76. The van der Waals surface area contributed by atoms with Crippen LogP contribution >= 0.6 is 0 Å². The van der Waals surface area contributed by atoms with Crippen molar-refractivity contribution in [1.82, 2.24) is 4.31 Å². The molecule has 0 spiro atoms. The Balaban J connectivity index is 2.38. The summed E-state index contributed by atoms with van der Waals surface area (Å²) in [5, 5.41) is 0. The molecule has 0 saturated carbocycles. The molecule has 4 nitrogen and oxygen atoms in total. The zero-order chi connectivity index (χ0) is 15.0. The van der Waals surface area contributed by atoms with E-state index in [9.17, 15) is 8.42 Å². The minimum Gasteiger partial charge on any atom is -0.488 e. The predicted molar refractivity (Wildman–Crippen MR) is 79.6 cm³/mol. The third kappa shape index (κ3) is 2.83. The second-order valence-electron chi connectivity index (χ2n) is 5.72. The lowest BCUT2D eigenvalue weighted by Crippen LogP contribution is -2.33. The van der Waals surface area contributed by atoms with Crippen LogP contribution in [0.3, 0.4) is 0 Å². The van der Waals surface area contributed by atoms with E-state index in [4.69, 9.17) is 4.74 Å². The summed E-state index contributed by atoms with van der Waals surface area (Å²) >= 11 is 0. The van der Waals surface area contributed by atoms with Crippen LogP contribution in [-0.2, 0) is 16.4 Å². The van der Waals surface area contributed by atoms with Crippen LogP contribution < -0.4 is 4.74 Å². The quantitative estimate of drug-likeness (QED) is 0.858. The number of aryl methyl sites for hydroxylation is 1. The van der Waals surface area contributed by atoms with Gasteiger partial charge in [-0.2, -0.15) is 4.31 Å². The van der Waals surface area contributed by atoms with Crippen LogP contribution in [0.4, 0.5) is 0 Å². The largest absolute Gasteiger partial charge is 0.488 e. The SMILES string of the molecule is CCN(CC)S(=O)(=O)c1ccc2c(c1)CCC(C)(C)O2. The van der Waals surface area contributed by atoms with Gasteiger partial charge in [-0.1, -0.05) is 13.8 Å². The summed E-state index contributed by atoms with van der Waals surface area (Å²) in [4.78, 5) is 0.364. The fraction of sp³-hybridized carbons (Fsp3) is 0.600. The molecule has 0 atom stereocenters. The van der Waals surface area contributed by atoms with E-state index in [0.29, 0.717) is 18.0 Å². The Hall–Kier alpha value is -1.07. The number of nitrogens with zero attached hydrogens (tertiary/aromatic N) is 1. The molecule has 0 unspecified atom stereocenters. The van der Waals surface area contributed by atoms with Crippen molar-refractivity contribution in [2.45, 2.75) is 51.0 Å². The summed E-state index contributed by atoms with van der Waals surface area (Å²) in [5.41, 5.74) is 0.810. The standard InChI is InChI=1S/C15H23NO3S/c1-5-16(6-2)20(17,18)13-7-8-14-12(11-13)9-10-15(3,4)19-14/h7-8,11H,5-6,9-10H2,1-4H3. The number of rotatable bonds is 4. The first-order valence-corrected chi connectivity index (χ1v) is 8.56. The van der Waals surface area contributed by atoms with Crippen LogP contribution in [-0.4, -0.2) is 31.4 Å². The summed E-state index contributed by atoms with van der Waals surface area (Å²) in [6, 6.07) is 5.19. The molecule has 0 amide bonds. The molecule has 1 heterocycles. The van der Waals surface area contributed by atoms with Crippen LogP contribution in [0, 0.1) is 0 Å². The zero-order valence-electron chi connectivity index (χ0n) is 12.6. The first kappa shape index (κ1) is 15.3. The first-order chi connectivity index (χ1) is 9.30. The molecule has 0 fully saturated rings. The molecular weight excluding hydrogens is 274 g/mol. The van der Waals surface area contributed by atoms with Gasteiger partial charge >= 0.3 is 0 Å². The fourth-order valence-electron chi connectivity index (χ4n) is 2.51. The lowest BCUT2D eigenvalue weighted by atomic mass is 9.94.